The number of aryl methyl sites for hydroxylation is 2. The van der Waals surface area contributed by atoms with Crippen molar-refractivity contribution in [2.45, 2.75) is 45.2 Å². The summed E-state index contributed by atoms with van der Waals surface area (Å²) in [6.45, 7) is 8.10. The van der Waals surface area contributed by atoms with Crippen LogP contribution in [0, 0.1) is 12.8 Å². The van der Waals surface area contributed by atoms with Crippen LogP contribution in [0.1, 0.15) is 43.5 Å². The molecule has 1 aliphatic carbocycles. The van der Waals surface area contributed by atoms with E-state index in [-0.39, 0.29) is 0 Å². The fourth-order valence-electron chi connectivity index (χ4n) is 3.30. The Bertz CT molecular complexity index is 435. The van der Waals surface area contributed by atoms with Crippen LogP contribution in [0.4, 0.5) is 0 Å². The van der Waals surface area contributed by atoms with Gasteiger partial charge in [-0.3, -0.25) is 4.68 Å². The lowest BCUT2D eigenvalue weighted by Crippen LogP contribution is -2.29. The minimum Gasteiger partial charge on any atom is -0.310 e. The van der Waals surface area contributed by atoms with E-state index in [9.17, 15) is 0 Å². The van der Waals surface area contributed by atoms with Gasteiger partial charge in [0.05, 0.1) is 5.69 Å². The Morgan fingerprint density at radius 1 is 1.42 bits per heavy atom. The summed E-state index contributed by atoms with van der Waals surface area (Å²) >= 11 is 0. The topological polar surface area (TPSA) is 33.1 Å². The first kappa shape index (κ1) is 13.1. The van der Waals surface area contributed by atoms with Gasteiger partial charge in [0.25, 0.3) is 0 Å². The highest BCUT2D eigenvalue weighted by atomic mass is 15.3. The Kier molecular flexibility index (Phi) is 3.63. The number of nitrogens with zero attached hydrogens (tertiary/aromatic N) is 3. The van der Waals surface area contributed by atoms with Crippen molar-refractivity contribution in [3.63, 3.8) is 0 Å². The first-order chi connectivity index (χ1) is 9.13. The molecule has 106 valence electrons. The molecule has 2 unspecified atom stereocenters. The Labute approximate surface area is 116 Å². The molecule has 3 rings (SSSR count). The monoisotopic (exact) mass is 262 g/mol. The second kappa shape index (κ2) is 5.25. The SMILES string of the molecule is Cc1nn(C)cc1C(C)NCC1CCN(C2CC2)C1. The van der Waals surface area contributed by atoms with Crippen LogP contribution in [-0.4, -0.2) is 40.4 Å². The number of nitrogens with one attached hydrogen (secondary N) is 1. The number of likely N-dealkylation sites (tertiary alicyclic amines) is 1. The zero-order chi connectivity index (χ0) is 13.4. The summed E-state index contributed by atoms with van der Waals surface area (Å²) in [5.41, 5.74) is 2.48. The normalized spacial score (nSPS) is 25.9. The summed E-state index contributed by atoms with van der Waals surface area (Å²) in [5.74, 6) is 0.833. The van der Waals surface area contributed by atoms with Gasteiger partial charge < -0.3 is 10.2 Å². The van der Waals surface area contributed by atoms with E-state index in [0.29, 0.717) is 6.04 Å². The molecular weight excluding hydrogens is 236 g/mol. The van der Waals surface area contributed by atoms with Crippen LogP contribution in [0.15, 0.2) is 6.20 Å². The first-order valence-corrected chi connectivity index (χ1v) is 7.61. The Hall–Kier alpha value is -0.870. The summed E-state index contributed by atoms with van der Waals surface area (Å²) in [7, 11) is 1.99. The van der Waals surface area contributed by atoms with E-state index < -0.39 is 0 Å². The highest BCUT2D eigenvalue weighted by molar-refractivity contribution is 5.19. The summed E-state index contributed by atoms with van der Waals surface area (Å²) in [6.07, 6.45) is 6.37. The molecule has 1 aliphatic heterocycles. The molecule has 1 saturated heterocycles. The van der Waals surface area contributed by atoms with Crippen molar-refractivity contribution in [2.75, 3.05) is 19.6 Å². The second-order valence-corrected chi connectivity index (χ2v) is 6.35. The van der Waals surface area contributed by atoms with Gasteiger partial charge in [-0.25, -0.2) is 0 Å². The van der Waals surface area contributed by atoms with Crippen molar-refractivity contribution in [3.8, 4) is 0 Å². The van der Waals surface area contributed by atoms with Crippen LogP contribution in [-0.2, 0) is 7.05 Å². The maximum atomic E-state index is 4.42. The van der Waals surface area contributed by atoms with Crippen LogP contribution in [0.2, 0.25) is 0 Å². The predicted octanol–water partition coefficient (Wildman–Crippen LogP) is 1.86. The van der Waals surface area contributed by atoms with Gasteiger partial charge in [-0.2, -0.15) is 5.10 Å². The maximum absolute atomic E-state index is 4.42. The average molecular weight is 262 g/mol. The third-order valence-electron chi connectivity index (χ3n) is 4.61. The van der Waals surface area contributed by atoms with E-state index in [4.69, 9.17) is 0 Å². The molecule has 4 heteroatoms. The molecule has 2 heterocycles. The first-order valence-electron chi connectivity index (χ1n) is 7.61. The van der Waals surface area contributed by atoms with Gasteiger partial charge in [-0.15, -0.1) is 0 Å². The lowest BCUT2D eigenvalue weighted by Gasteiger charge is -2.18. The van der Waals surface area contributed by atoms with Gasteiger partial charge in [0.15, 0.2) is 0 Å². The molecule has 19 heavy (non-hydrogen) atoms. The Morgan fingerprint density at radius 3 is 2.84 bits per heavy atom. The number of hydrogen-bond donors (Lipinski definition) is 1. The quantitative estimate of drug-likeness (QED) is 0.879. The summed E-state index contributed by atoms with van der Waals surface area (Å²) in [5, 5.41) is 8.12. The standard InChI is InChI=1S/C15H26N4/c1-11(15-10-18(3)17-12(15)2)16-8-13-6-7-19(9-13)14-4-5-14/h10-11,13-14,16H,4-9H2,1-3H3. The van der Waals surface area contributed by atoms with Crippen molar-refractivity contribution in [1.29, 1.82) is 0 Å². The van der Waals surface area contributed by atoms with Crippen molar-refractivity contribution >= 4 is 0 Å². The number of hydrogen-bond acceptors (Lipinski definition) is 3. The zero-order valence-electron chi connectivity index (χ0n) is 12.4. The molecular formula is C15H26N4. The van der Waals surface area contributed by atoms with Gasteiger partial charge >= 0.3 is 0 Å². The summed E-state index contributed by atoms with van der Waals surface area (Å²) < 4.78 is 1.91. The number of aromatic nitrogens is 2. The highest BCUT2D eigenvalue weighted by Gasteiger charge is 2.34. The molecule has 0 radical (unpaired) electrons. The fraction of sp³-hybridized carbons (Fsp3) is 0.800. The van der Waals surface area contributed by atoms with Crippen LogP contribution in [0.25, 0.3) is 0 Å². The molecule has 1 aromatic rings. The highest BCUT2D eigenvalue weighted by Crippen LogP contribution is 2.31. The van der Waals surface area contributed by atoms with E-state index >= 15 is 0 Å². The van der Waals surface area contributed by atoms with Crippen molar-refractivity contribution in [3.05, 3.63) is 17.5 Å². The molecule has 2 atom stereocenters. The predicted molar refractivity (Wildman–Crippen MR) is 77.1 cm³/mol. The largest absolute Gasteiger partial charge is 0.310 e. The third kappa shape index (κ3) is 3.00. The Morgan fingerprint density at radius 2 is 2.21 bits per heavy atom. The fourth-order valence-corrected chi connectivity index (χ4v) is 3.30. The maximum Gasteiger partial charge on any atom is 0.0641 e. The van der Waals surface area contributed by atoms with E-state index in [1.807, 2.05) is 11.7 Å². The van der Waals surface area contributed by atoms with E-state index in [1.54, 1.807) is 0 Å². The average Bonchev–Trinajstić information content (AvgIpc) is 3.02. The molecule has 0 aromatic carbocycles. The van der Waals surface area contributed by atoms with Crippen molar-refractivity contribution in [2.24, 2.45) is 13.0 Å². The molecule has 0 bridgehead atoms. The van der Waals surface area contributed by atoms with Gasteiger partial charge in [0.1, 0.15) is 0 Å². The van der Waals surface area contributed by atoms with Gasteiger partial charge in [-0.05, 0) is 52.1 Å². The van der Waals surface area contributed by atoms with Crippen LogP contribution in [0.3, 0.4) is 0 Å². The van der Waals surface area contributed by atoms with Crippen LogP contribution in [0.5, 0.6) is 0 Å². The summed E-state index contributed by atoms with van der Waals surface area (Å²) in [4.78, 5) is 2.69. The molecule has 0 spiro atoms. The van der Waals surface area contributed by atoms with Crippen molar-refractivity contribution < 1.29 is 0 Å². The van der Waals surface area contributed by atoms with Gasteiger partial charge in [0, 0.05) is 37.4 Å². The smallest absolute Gasteiger partial charge is 0.0641 e. The van der Waals surface area contributed by atoms with E-state index in [0.717, 1.165) is 24.2 Å². The van der Waals surface area contributed by atoms with Gasteiger partial charge in [-0.1, -0.05) is 0 Å². The molecule has 0 amide bonds. The lowest BCUT2D eigenvalue weighted by molar-refractivity contribution is 0.310. The van der Waals surface area contributed by atoms with Gasteiger partial charge in [0.2, 0.25) is 0 Å². The second-order valence-electron chi connectivity index (χ2n) is 6.35. The number of rotatable bonds is 5. The van der Waals surface area contributed by atoms with Crippen molar-refractivity contribution in [1.82, 2.24) is 20.0 Å². The molecule has 2 aliphatic rings. The third-order valence-corrected chi connectivity index (χ3v) is 4.61. The minimum atomic E-state index is 0.406. The van der Waals surface area contributed by atoms with Crippen LogP contribution < -0.4 is 5.32 Å². The van der Waals surface area contributed by atoms with Crippen LogP contribution >= 0.6 is 0 Å². The minimum absolute atomic E-state index is 0.406. The molecule has 2 fully saturated rings. The van der Waals surface area contributed by atoms with E-state index in [1.165, 1.54) is 37.9 Å². The molecule has 1 aromatic heterocycles. The lowest BCUT2D eigenvalue weighted by atomic mass is 10.1. The molecule has 1 N–H and O–H groups in total. The van der Waals surface area contributed by atoms with E-state index in [2.05, 4.69) is 35.4 Å². The molecule has 4 nitrogen and oxygen atoms in total. The Balaban J connectivity index is 1.48. The zero-order valence-corrected chi connectivity index (χ0v) is 12.4. The summed E-state index contributed by atoms with van der Waals surface area (Å²) in [6, 6.07) is 1.34. The molecule has 1 saturated carbocycles.